The van der Waals surface area contributed by atoms with E-state index in [1.54, 1.807) is 4.73 Å². The highest BCUT2D eigenvalue weighted by atomic mass is 35.5. The summed E-state index contributed by atoms with van der Waals surface area (Å²) in [6.45, 7) is 6.53. The fraction of sp³-hybridized carbons (Fsp3) is 0.267. The summed E-state index contributed by atoms with van der Waals surface area (Å²) in [5.41, 5.74) is 3.18. The van der Waals surface area contributed by atoms with Gasteiger partial charge < -0.3 is 4.84 Å². The summed E-state index contributed by atoms with van der Waals surface area (Å²) in [6, 6.07) is 7.66. The molecule has 2 aromatic rings. The minimum atomic E-state index is 0.624. The van der Waals surface area contributed by atoms with Crippen LogP contribution in [-0.2, 0) is 0 Å². The number of rotatable bonds is 6. The standard InChI is InChI=1S/C15H16ClNOS2/c1-11(2)4-3-9-18-17-14(10-20-15(17)19)12-5-7-13(16)8-6-12/h5-8,10H,1,3-4,9H2,2H3. The van der Waals surface area contributed by atoms with Gasteiger partial charge in [0.1, 0.15) is 6.61 Å². The number of hydrogen-bond acceptors (Lipinski definition) is 3. The Hall–Kier alpha value is -1.10. The van der Waals surface area contributed by atoms with E-state index in [1.165, 1.54) is 16.9 Å². The third-order valence-electron chi connectivity index (χ3n) is 2.76. The maximum atomic E-state index is 5.91. The van der Waals surface area contributed by atoms with E-state index in [0.29, 0.717) is 10.6 Å². The molecule has 0 spiro atoms. The molecule has 2 nitrogen and oxygen atoms in total. The van der Waals surface area contributed by atoms with Crippen LogP contribution in [0.1, 0.15) is 19.8 Å². The molecule has 0 bridgehead atoms. The molecule has 0 unspecified atom stereocenters. The minimum absolute atomic E-state index is 0.624. The van der Waals surface area contributed by atoms with Gasteiger partial charge in [0.15, 0.2) is 3.95 Å². The first kappa shape index (κ1) is 15.3. The average Bonchev–Trinajstić information content (AvgIpc) is 2.77. The normalized spacial score (nSPS) is 10.5. The Morgan fingerprint density at radius 2 is 2.10 bits per heavy atom. The minimum Gasteiger partial charge on any atom is -0.412 e. The number of nitrogens with zero attached hydrogens (tertiary/aromatic N) is 1. The van der Waals surface area contributed by atoms with Crippen molar-refractivity contribution in [3.8, 4) is 11.3 Å². The van der Waals surface area contributed by atoms with Crippen LogP contribution in [0.5, 0.6) is 0 Å². The molecule has 0 radical (unpaired) electrons. The van der Waals surface area contributed by atoms with Gasteiger partial charge in [0.2, 0.25) is 0 Å². The zero-order chi connectivity index (χ0) is 14.5. The topological polar surface area (TPSA) is 14.2 Å². The van der Waals surface area contributed by atoms with Gasteiger partial charge in [-0.1, -0.05) is 29.3 Å². The summed E-state index contributed by atoms with van der Waals surface area (Å²) in [6.07, 6.45) is 1.90. The fourth-order valence-electron chi connectivity index (χ4n) is 1.76. The van der Waals surface area contributed by atoms with Gasteiger partial charge in [0.05, 0.1) is 5.69 Å². The van der Waals surface area contributed by atoms with Crippen molar-refractivity contribution in [2.45, 2.75) is 19.8 Å². The molecule has 5 heteroatoms. The molecule has 0 atom stereocenters. The molecule has 0 N–H and O–H groups in total. The molecule has 20 heavy (non-hydrogen) atoms. The molecule has 2 rings (SSSR count). The number of halogens is 1. The van der Waals surface area contributed by atoms with E-state index in [4.69, 9.17) is 28.7 Å². The van der Waals surface area contributed by atoms with Crippen LogP contribution in [-0.4, -0.2) is 11.3 Å². The first-order valence-corrected chi connectivity index (χ1v) is 7.98. The lowest BCUT2D eigenvalue weighted by atomic mass is 10.2. The SMILES string of the molecule is C=C(C)CCCOn1c(-c2ccc(Cl)cc2)csc1=S. The van der Waals surface area contributed by atoms with Crippen molar-refractivity contribution >= 4 is 35.2 Å². The van der Waals surface area contributed by atoms with Gasteiger partial charge in [-0.15, -0.1) is 17.9 Å². The Kier molecular flexibility index (Phi) is 5.40. The van der Waals surface area contributed by atoms with E-state index in [9.17, 15) is 0 Å². The van der Waals surface area contributed by atoms with Crippen LogP contribution in [0.25, 0.3) is 11.3 Å². The van der Waals surface area contributed by atoms with Crippen molar-refractivity contribution < 1.29 is 4.84 Å². The average molecular weight is 326 g/mol. The van der Waals surface area contributed by atoms with Crippen molar-refractivity contribution in [1.82, 2.24) is 4.73 Å². The van der Waals surface area contributed by atoms with Crippen LogP contribution in [0.2, 0.25) is 5.02 Å². The van der Waals surface area contributed by atoms with Gasteiger partial charge in [-0.25, -0.2) is 0 Å². The van der Waals surface area contributed by atoms with Crippen LogP contribution in [0, 0.1) is 3.95 Å². The summed E-state index contributed by atoms with van der Waals surface area (Å²) in [4.78, 5) is 5.79. The second-order valence-corrected chi connectivity index (χ2v) is 6.52. The molecule has 0 aliphatic carbocycles. The number of allylic oxidation sites excluding steroid dienone is 1. The predicted octanol–water partition coefficient (Wildman–Crippen LogP) is 5.38. The molecule has 1 aromatic heterocycles. The van der Waals surface area contributed by atoms with E-state index in [2.05, 4.69) is 6.58 Å². The summed E-state index contributed by atoms with van der Waals surface area (Å²) >= 11 is 12.7. The van der Waals surface area contributed by atoms with Crippen molar-refractivity contribution in [2.24, 2.45) is 0 Å². The van der Waals surface area contributed by atoms with Gasteiger partial charge in [-0.3, -0.25) is 0 Å². The maximum absolute atomic E-state index is 5.91. The fourth-order valence-corrected chi connectivity index (χ4v) is 2.87. The zero-order valence-corrected chi connectivity index (χ0v) is 13.7. The maximum Gasteiger partial charge on any atom is 0.197 e. The Labute approximate surface area is 133 Å². The van der Waals surface area contributed by atoms with E-state index in [0.717, 1.165) is 29.1 Å². The molecule has 1 aromatic carbocycles. The highest BCUT2D eigenvalue weighted by Gasteiger charge is 2.08. The molecular weight excluding hydrogens is 310 g/mol. The first-order chi connectivity index (χ1) is 9.58. The Balaban J connectivity index is 2.13. The molecule has 0 aliphatic rings. The van der Waals surface area contributed by atoms with Gasteiger partial charge in [-0.05, 0) is 44.1 Å². The molecule has 1 heterocycles. The van der Waals surface area contributed by atoms with Crippen molar-refractivity contribution in [3.63, 3.8) is 0 Å². The van der Waals surface area contributed by atoms with Crippen LogP contribution in [0.15, 0.2) is 41.8 Å². The number of aromatic nitrogens is 1. The summed E-state index contributed by atoms with van der Waals surface area (Å²) in [7, 11) is 0. The summed E-state index contributed by atoms with van der Waals surface area (Å²) in [5, 5.41) is 2.72. The van der Waals surface area contributed by atoms with Crippen molar-refractivity contribution in [3.05, 3.63) is 50.8 Å². The lowest BCUT2D eigenvalue weighted by molar-refractivity contribution is 0.111. The van der Waals surface area contributed by atoms with Gasteiger partial charge >= 0.3 is 0 Å². The van der Waals surface area contributed by atoms with E-state index < -0.39 is 0 Å². The zero-order valence-electron chi connectivity index (χ0n) is 11.3. The predicted molar refractivity (Wildman–Crippen MR) is 89.1 cm³/mol. The van der Waals surface area contributed by atoms with E-state index in [1.807, 2.05) is 36.6 Å². The van der Waals surface area contributed by atoms with E-state index in [-0.39, 0.29) is 0 Å². The smallest absolute Gasteiger partial charge is 0.197 e. The number of hydrogen-bond donors (Lipinski definition) is 0. The number of benzene rings is 1. The Bertz CT molecular complexity index is 643. The van der Waals surface area contributed by atoms with Gasteiger partial charge in [0, 0.05) is 16.0 Å². The second kappa shape index (κ2) is 7.07. The molecule has 0 saturated carbocycles. The van der Waals surface area contributed by atoms with Crippen LogP contribution in [0.3, 0.4) is 0 Å². The van der Waals surface area contributed by atoms with Crippen LogP contribution < -0.4 is 4.84 Å². The van der Waals surface area contributed by atoms with E-state index >= 15 is 0 Å². The molecular formula is C15H16ClNOS2. The molecule has 0 amide bonds. The molecule has 0 fully saturated rings. The lowest BCUT2D eigenvalue weighted by Gasteiger charge is -2.10. The van der Waals surface area contributed by atoms with Gasteiger partial charge in [-0.2, -0.15) is 4.73 Å². The highest BCUT2D eigenvalue weighted by Crippen LogP contribution is 2.24. The third kappa shape index (κ3) is 3.95. The molecule has 0 aliphatic heterocycles. The summed E-state index contributed by atoms with van der Waals surface area (Å²) in [5.74, 6) is 0. The lowest BCUT2D eigenvalue weighted by Crippen LogP contribution is -2.13. The molecule has 106 valence electrons. The third-order valence-corrected chi connectivity index (χ3v) is 4.18. The highest BCUT2D eigenvalue weighted by molar-refractivity contribution is 7.73. The Morgan fingerprint density at radius 1 is 1.40 bits per heavy atom. The van der Waals surface area contributed by atoms with Crippen LogP contribution in [0.4, 0.5) is 0 Å². The van der Waals surface area contributed by atoms with Crippen LogP contribution >= 0.6 is 35.2 Å². The quantitative estimate of drug-likeness (QED) is 0.402. The van der Waals surface area contributed by atoms with Gasteiger partial charge in [0.25, 0.3) is 0 Å². The monoisotopic (exact) mass is 325 g/mol. The first-order valence-electron chi connectivity index (χ1n) is 6.32. The Morgan fingerprint density at radius 3 is 2.75 bits per heavy atom. The van der Waals surface area contributed by atoms with Crippen molar-refractivity contribution in [1.29, 1.82) is 0 Å². The number of thiazole rings is 1. The largest absolute Gasteiger partial charge is 0.412 e. The molecule has 0 saturated heterocycles. The van der Waals surface area contributed by atoms with Crippen molar-refractivity contribution in [2.75, 3.05) is 6.61 Å². The summed E-state index contributed by atoms with van der Waals surface area (Å²) < 4.78 is 2.44. The second-order valence-electron chi connectivity index (χ2n) is 4.58.